The van der Waals surface area contributed by atoms with Gasteiger partial charge in [-0.15, -0.1) is 0 Å². The van der Waals surface area contributed by atoms with Crippen LogP contribution in [0.3, 0.4) is 0 Å². The molecule has 5 aromatic rings. The summed E-state index contributed by atoms with van der Waals surface area (Å²) in [5.41, 5.74) is 14.1. The summed E-state index contributed by atoms with van der Waals surface area (Å²) in [5.74, 6) is 2.29. The first-order valence-electron chi connectivity index (χ1n) is 19.0. The average molecular weight is 672 g/mol. The predicted molar refractivity (Wildman–Crippen MR) is 216 cm³/mol. The summed E-state index contributed by atoms with van der Waals surface area (Å²) < 4.78 is 7.98. The van der Waals surface area contributed by atoms with E-state index in [1.54, 1.807) is 0 Å². The Morgan fingerprint density at radius 1 is 0.500 bits per heavy atom. The summed E-state index contributed by atoms with van der Waals surface area (Å²) in [7, 11) is 0. The van der Waals surface area contributed by atoms with Crippen LogP contribution in [-0.4, -0.2) is 16.3 Å². The van der Waals surface area contributed by atoms with Gasteiger partial charge in [-0.3, -0.25) is 0 Å². The molecule has 0 aliphatic rings. The molecule has 0 N–H and O–H groups in total. The SMILES string of the molecule is CC(C)c1cc(C(C)C)c(-c2ccc3c4ccc(-c5c(C(C)C)cc(C(C)C)cc5C(C)C)cc4n(C(=O)OC(C)(C)C)c3c2)c(C(C)C)c1. The van der Waals surface area contributed by atoms with Crippen molar-refractivity contribution in [1.29, 1.82) is 0 Å². The second-order valence-electron chi connectivity index (χ2n) is 17.4. The Kier molecular flexibility index (Phi) is 10.5. The second-order valence-corrected chi connectivity index (χ2v) is 17.4. The van der Waals surface area contributed by atoms with E-state index >= 15 is 0 Å². The predicted octanol–water partition coefficient (Wildman–Crippen LogP) is 14.7. The molecule has 3 nitrogen and oxygen atoms in total. The minimum absolute atomic E-state index is 0.349. The summed E-state index contributed by atoms with van der Waals surface area (Å²) in [6.45, 7) is 33.2. The molecular weight excluding hydrogens is 611 g/mol. The van der Waals surface area contributed by atoms with Gasteiger partial charge in [0.15, 0.2) is 0 Å². The fourth-order valence-corrected chi connectivity index (χ4v) is 7.41. The lowest BCUT2D eigenvalue weighted by Gasteiger charge is -2.24. The van der Waals surface area contributed by atoms with Gasteiger partial charge in [0.25, 0.3) is 0 Å². The molecule has 0 radical (unpaired) electrons. The number of ether oxygens (including phenoxy) is 1. The minimum atomic E-state index is -0.639. The van der Waals surface area contributed by atoms with Crippen molar-refractivity contribution in [3.8, 4) is 22.3 Å². The Morgan fingerprint density at radius 3 is 1.08 bits per heavy atom. The first kappa shape index (κ1) is 37.4. The standard InChI is InChI=1S/C47H61NO2/c1-26(2)34-20-38(28(5)6)44(39(21-34)29(7)8)32-16-18-36-37-19-17-33(25-43(37)48(42(36)24-32)46(49)50-47(13,14)15)45-40(30(9)10)22-35(27(3)4)23-41(45)31(11)12/h16-31H,1-15H3. The molecule has 0 aliphatic heterocycles. The molecule has 5 rings (SSSR count). The van der Waals surface area contributed by atoms with Crippen molar-refractivity contribution in [3.05, 3.63) is 94.0 Å². The van der Waals surface area contributed by atoms with Crippen molar-refractivity contribution in [1.82, 2.24) is 4.57 Å². The summed E-state index contributed by atoms with van der Waals surface area (Å²) in [4.78, 5) is 14.3. The quantitative estimate of drug-likeness (QED) is 0.164. The topological polar surface area (TPSA) is 31.2 Å². The van der Waals surface area contributed by atoms with Crippen molar-refractivity contribution >= 4 is 27.9 Å². The van der Waals surface area contributed by atoms with Gasteiger partial charge in [-0.25, -0.2) is 9.36 Å². The Balaban J connectivity index is 1.87. The lowest BCUT2D eigenvalue weighted by molar-refractivity contribution is 0.0551. The van der Waals surface area contributed by atoms with Crippen molar-refractivity contribution in [2.24, 2.45) is 0 Å². The molecule has 266 valence electrons. The number of nitrogens with zero attached hydrogens (tertiary/aromatic N) is 1. The number of carbonyl (C=O) groups is 1. The third-order valence-electron chi connectivity index (χ3n) is 10.2. The molecular formula is C47H61NO2. The minimum Gasteiger partial charge on any atom is -0.443 e. The lowest BCUT2D eigenvalue weighted by Crippen LogP contribution is -2.27. The van der Waals surface area contributed by atoms with Crippen molar-refractivity contribution in [2.45, 2.75) is 145 Å². The van der Waals surface area contributed by atoms with Gasteiger partial charge in [-0.1, -0.05) is 132 Å². The summed E-state index contributed by atoms with van der Waals surface area (Å²) >= 11 is 0. The van der Waals surface area contributed by atoms with E-state index in [4.69, 9.17) is 4.74 Å². The molecule has 1 heterocycles. The molecule has 0 bridgehead atoms. The smallest absolute Gasteiger partial charge is 0.419 e. The summed E-state index contributed by atoms with van der Waals surface area (Å²) in [5, 5.41) is 2.11. The van der Waals surface area contributed by atoms with E-state index in [0.717, 1.165) is 32.9 Å². The molecule has 0 saturated carbocycles. The highest BCUT2D eigenvalue weighted by atomic mass is 16.6. The molecule has 1 aromatic heterocycles. The van der Waals surface area contributed by atoms with Crippen LogP contribution in [0, 0.1) is 0 Å². The van der Waals surface area contributed by atoms with Gasteiger partial charge in [-0.2, -0.15) is 0 Å². The Hall–Kier alpha value is -3.85. The Labute approximate surface area is 302 Å². The molecule has 0 atom stereocenters. The van der Waals surface area contributed by atoms with E-state index in [0.29, 0.717) is 35.5 Å². The zero-order chi connectivity index (χ0) is 37.0. The number of fused-ring (bicyclic) bond motifs is 3. The fourth-order valence-electron chi connectivity index (χ4n) is 7.41. The number of benzene rings is 4. The second kappa shape index (κ2) is 14.0. The van der Waals surface area contributed by atoms with Crippen LogP contribution in [0.2, 0.25) is 0 Å². The van der Waals surface area contributed by atoms with Gasteiger partial charge >= 0.3 is 6.09 Å². The van der Waals surface area contributed by atoms with Crippen LogP contribution in [0.5, 0.6) is 0 Å². The van der Waals surface area contributed by atoms with E-state index < -0.39 is 5.60 Å². The monoisotopic (exact) mass is 671 g/mol. The Morgan fingerprint density at radius 2 is 0.820 bits per heavy atom. The van der Waals surface area contributed by atoms with Crippen LogP contribution in [0.15, 0.2) is 60.7 Å². The van der Waals surface area contributed by atoms with E-state index in [-0.39, 0.29) is 6.09 Å². The maximum Gasteiger partial charge on any atom is 0.419 e. The third kappa shape index (κ3) is 7.16. The lowest BCUT2D eigenvalue weighted by atomic mass is 9.81. The molecule has 0 unspecified atom stereocenters. The van der Waals surface area contributed by atoms with Crippen molar-refractivity contribution < 1.29 is 9.53 Å². The molecule has 0 spiro atoms. The van der Waals surface area contributed by atoms with Crippen LogP contribution in [0.25, 0.3) is 44.1 Å². The Bertz CT molecular complexity index is 1850. The van der Waals surface area contributed by atoms with Crippen LogP contribution in [0.1, 0.15) is 173 Å². The van der Waals surface area contributed by atoms with Crippen molar-refractivity contribution in [3.63, 3.8) is 0 Å². The molecule has 0 aliphatic carbocycles. The zero-order valence-corrected chi connectivity index (χ0v) is 33.5. The number of hydrogen-bond acceptors (Lipinski definition) is 2. The highest BCUT2D eigenvalue weighted by Crippen LogP contribution is 2.44. The first-order valence-corrected chi connectivity index (χ1v) is 19.0. The van der Waals surface area contributed by atoms with E-state index in [9.17, 15) is 4.79 Å². The highest BCUT2D eigenvalue weighted by Gasteiger charge is 2.26. The maximum atomic E-state index is 14.3. The van der Waals surface area contributed by atoms with E-state index in [1.165, 1.54) is 44.5 Å². The van der Waals surface area contributed by atoms with Crippen LogP contribution in [0.4, 0.5) is 4.79 Å². The van der Waals surface area contributed by atoms with Crippen LogP contribution in [-0.2, 0) is 4.74 Å². The van der Waals surface area contributed by atoms with Gasteiger partial charge in [0, 0.05) is 10.8 Å². The first-order chi connectivity index (χ1) is 23.3. The molecule has 0 fully saturated rings. The summed E-state index contributed by atoms with van der Waals surface area (Å²) in [6, 6.07) is 23.0. The zero-order valence-electron chi connectivity index (χ0n) is 33.5. The van der Waals surface area contributed by atoms with Crippen molar-refractivity contribution in [2.75, 3.05) is 0 Å². The number of aromatic nitrogens is 1. The highest BCUT2D eigenvalue weighted by molar-refractivity contribution is 6.14. The maximum absolute atomic E-state index is 14.3. The van der Waals surface area contributed by atoms with Gasteiger partial charge in [0.1, 0.15) is 5.60 Å². The fraction of sp³-hybridized carbons (Fsp3) is 0.468. The van der Waals surface area contributed by atoms with Gasteiger partial charge in [-0.05, 0) is 124 Å². The van der Waals surface area contributed by atoms with Gasteiger partial charge in [0.05, 0.1) is 11.0 Å². The van der Waals surface area contributed by atoms with E-state index in [2.05, 4.69) is 144 Å². The number of hydrogen-bond donors (Lipinski definition) is 0. The molecule has 50 heavy (non-hydrogen) atoms. The molecule has 0 saturated heterocycles. The van der Waals surface area contributed by atoms with Crippen LogP contribution < -0.4 is 0 Å². The van der Waals surface area contributed by atoms with Gasteiger partial charge < -0.3 is 4.74 Å². The van der Waals surface area contributed by atoms with E-state index in [1.807, 2.05) is 25.3 Å². The van der Waals surface area contributed by atoms with Gasteiger partial charge in [0.2, 0.25) is 0 Å². The number of carbonyl (C=O) groups excluding carboxylic acids is 1. The summed E-state index contributed by atoms with van der Waals surface area (Å²) in [6.07, 6.45) is -0.349. The molecule has 4 aromatic carbocycles. The van der Waals surface area contributed by atoms with Crippen LogP contribution >= 0.6 is 0 Å². The largest absolute Gasteiger partial charge is 0.443 e. The average Bonchev–Trinajstić information content (AvgIpc) is 3.35. The normalized spacial score (nSPS) is 12.7. The third-order valence-corrected chi connectivity index (χ3v) is 10.2. The molecule has 0 amide bonds. The molecule has 3 heteroatoms. The number of rotatable bonds is 8.